The third-order valence-corrected chi connectivity index (χ3v) is 5.50. The summed E-state index contributed by atoms with van der Waals surface area (Å²) in [6.45, 7) is 3.08. The fourth-order valence-electron chi connectivity index (χ4n) is 3.63. The fourth-order valence-corrected chi connectivity index (χ4v) is 4.26. The van der Waals surface area contributed by atoms with Gasteiger partial charge in [0.05, 0.1) is 17.2 Å². The van der Waals surface area contributed by atoms with E-state index in [1.165, 1.54) is 11.3 Å². The van der Waals surface area contributed by atoms with Crippen LogP contribution in [0.5, 0.6) is 0 Å². The van der Waals surface area contributed by atoms with E-state index in [1.807, 2.05) is 24.0 Å². The first-order valence-corrected chi connectivity index (χ1v) is 9.07. The first-order valence-electron chi connectivity index (χ1n) is 8.19. The largest absolute Gasteiger partial charge is 0.346 e. The minimum Gasteiger partial charge on any atom is -0.346 e. The van der Waals surface area contributed by atoms with Gasteiger partial charge in [-0.2, -0.15) is 0 Å². The molecule has 2 atom stereocenters. The van der Waals surface area contributed by atoms with Crippen molar-refractivity contribution >= 4 is 22.4 Å². The normalized spacial score (nSPS) is 20.5. The van der Waals surface area contributed by atoms with Crippen LogP contribution in [0.15, 0.2) is 30.3 Å². The monoisotopic (exact) mass is 343 g/mol. The second-order valence-corrected chi connectivity index (χ2v) is 7.22. The molecule has 3 aromatic heterocycles. The van der Waals surface area contributed by atoms with Crippen molar-refractivity contribution < 1.29 is 0 Å². The number of nitrogens with two attached hydrogens (primary N) is 1. The second kappa shape index (κ2) is 6.94. The number of aromatic nitrogens is 4. The zero-order chi connectivity index (χ0) is 16.4. The number of thiazole rings is 1. The molecule has 0 aliphatic carbocycles. The van der Waals surface area contributed by atoms with Crippen LogP contribution >= 0.6 is 11.3 Å². The van der Waals surface area contributed by atoms with Gasteiger partial charge in [-0.3, -0.25) is 21.2 Å². The third-order valence-electron chi connectivity index (χ3n) is 4.74. The molecule has 24 heavy (non-hydrogen) atoms. The zero-order valence-electron chi connectivity index (χ0n) is 13.4. The SMILES string of the molecule is NNC(c1ncnc2[nH]ccc12)C1CCCN(Cc2cncs2)C1. The summed E-state index contributed by atoms with van der Waals surface area (Å²) >= 11 is 1.71. The topological polar surface area (TPSA) is 95.8 Å². The molecule has 4 heterocycles. The van der Waals surface area contributed by atoms with Crippen LogP contribution in [0.4, 0.5) is 0 Å². The molecule has 1 aliphatic heterocycles. The van der Waals surface area contributed by atoms with E-state index >= 15 is 0 Å². The second-order valence-electron chi connectivity index (χ2n) is 6.25. The number of H-pyrrole nitrogens is 1. The summed E-state index contributed by atoms with van der Waals surface area (Å²) in [6, 6.07) is 2.04. The Morgan fingerprint density at radius 1 is 1.46 bits per heavy atom. The van der Waals surface area contributed by atoms with E-state index in [0.29, 0.717) is 5.92 Å². The molecule has 0 spiro atoms. The molecule has 3 aromatic rings. The van der Waals surface area contributed by atoms with Crippen molar-refractivity contribution in [2.75, 3.05) is 13.1 Å². The van der Waals surface area contributed by atoms with Crippen LogP contribution in [-0.4, -0.2) is 37.9 Å². The van der Waals surface area contributed by atoms with Crippen molar-refractivity contribution in [1.29, 1.82) is 0 Å². The molecule has 0 radical (unpaired) electrons. The lowest BCUT2D eigenvalue weighted by Crippen LogP contribution is -2.43. The summed E-state index contributed by atoms with van der Waals surface area (Å²) < 4.78 is 0. The third kappa shape index (κ3) is 3.05. The van der Waals surface area contributed by atoms with Crippen LogP contribution in [0.25, 0.3) is 11.0 Å². The minimum absolute atomic E-state index is 0.0237. The highest BCUT2D eigenvalue weighted by atomic mass is 32.1. The average molecular weight is 343 g/mol. The molecule has 0 amide bonds. The van der Waals surface area contributed by atoms with Gasteiger partial charge in [-0.05, 0) is 31.4 Å². The Balaban J connectivity index is 1.55. The summed E-state index contributed by atoms with van der Waals surface area (Å²) in [5.74, 6) is 6.35. The number of hydrazine groups is 1. The number of fused-ring (bicyclic) bond motifs is 1. The molecule has 0 bridgehead atoms. The Labute approximate surface area is 144 Å². The maximum atomic E-state index is 5.93. The van der Waals surface area contributed by atoms with Crippen molar-refractivity contribution in [3.63, 3.8) is 0 Å². The highest BCUT2D eigenvalue weighted by Gasteiger charge is 2.30. The first kappa shape index (κ1) is 15.6. The van der Waals surface area contributed by atoms with Crippen LogP contribution in [-0.2, 0) is 6.54 Å². The smallest absolute Gasteiger partial charge is 0.141 e. The van der Waals surface area contributed by atoms with E-state index in [9.17, 15) is 0 Å². The van der Waals surface area contributed by atoms with Crippen molar-refractivity contribution in [2.45, 2.75) is 25.4 Å². The molecule has 1 saturated heterocycles. The van der Waals surface area contributed by atoms with E-state index in [-0.39, 0.29) is 6.04 Å². The number of nitrogens with zero attached hydrogens (tertiary/aromatic N) is 4. The van der Waals surface area contributed by atoms with Crippen molar-refractivity contribution in [1.82, 2.24) is 30.3 Å². The standard InChI is InChI=1S/C16H21N7S/c17-22-14(15-13-3-4-19-16(13)21-9-20-15)11-2-1-5-23(7-11)8-12-6-18-10-24-12/h3-4,6,9-11,14,22H,1-2,5,7-8,17H2,(H,19,20,21). The molecule has 1 aliphatic rings. The number of piperidine rings is 1. The van der Waals surface area contributed by atoms with Gasteiger partial charge in [-0.25, -0.2) is 9.97 Å². The van der Waals surface area contributed by atoms with Crippen LogP contribution in [0.2, 0.25) is 0 Å². The van der Waals surface area contributed by atoms with E-state index < -0.39 is 0 Å². The van der Waals surface area contributed by atoms with Crippen molar-refractivity contribution in [3.8, 4) is 0 Å². The average Bonchev–Trinajstić information content (AvgIpc) is 3.27. The molecule has 1 fully saturated rings. The van der Waals surface area contributed by atoms with E-state index in [0.717, 1.165) is 42.8 Å². The number of hydrogen-bond donors (Lipinski definition) is 3. The number of likely N-dealkylation sites (tertiary alicyclic amines) is 1. The lowest BCUT2D eigenvalue weighted by atomic mass is 9.88. The quantitative estimate of drug-likeness (QED) is 0.483. The number of nitrogens with one attached hydrogen (secondary N) is 2. The summed E-state index contributed by atoms with van der Waals surface area (Å²) in [5, 5.41) is 1.04. The molecule has 2 unspecified atom stereocenters. The summed E-state index contributed by atoms with van der Waals surface area (Å²) in [6.07, 6.45) is 7.78. The van der Waals surface area contributed by atoms with Crippen LogP contribution in [0.3, 0.4) is 0 Å². The van der Waals surface area contributed by atoms with Gasteiger partial charge < -0.3 is 4.98 Å². The van der Waals surface area contributed by atoms with Gasteiger partial charge in [-0.1, -0.05) is 0 Å². The summed E-state index contributed by atoms with van der Waals surface area (Å²) in [4.78, 5) is 19.9. The number of hydrogen-bond acceptors (Lipinski definition) is 7. The summed E-state index contributed by atoms with van der Waals surface area (Å²) in [7, 11) is 0. The maximum absolute atomic E-state index is 5.93. The molecule has 8 heteroatoms. The predicted octanol–water partition coefficient (Wildman–Crippen LogP) is 1.83. The maximum Gasteiger partial charge on any atom is 0.141 e. The molecule has 126 valence electrons. The van der Waals surface area contributed by atoms with Gasteiger partial charge in [0, 0.05) is 35.7 Å². The fraction of sp³-hybridized carbons (Fsp3) is 0.438. The molecule has 0 saturated carbocycles. The summed E-state index contributed by atoms with van der Waals surface area (Å²) in [5.41, 5.74) is 6.74. The highest BCUT2D eigenvalue weighted by Crippen LogP contribution is 2.32. The molecule has 4 N–H and O–H groups in total. The predicted molar refractivity (Wildman–Crippen MR) is 94.1 cm³/mol. The lowest BCUT2D eigenvalue weighted by molar-refractivity contribution is 0.140. The van der Waals surface area contributed by atoms with Crippen LogP contribution < -0.4 is 11.3 Å². The molecular weight excluding hydrogens is 322 g/mol. The van der Waals surface area contributed by atoms with E-state index in [2.05, 4.69) is 30.3 Å². The van der Waals surface area contributed by atoms with Crippen molar-refractivity contribution in [3.05, 3.63) is 40.9 Å². The lowest BCUT2D eigenvalue weighted by Gasteiger charge is -2.36. The number of rotatable bonds is 5. The first-order chi connectivity index (χ1) is 11.8. The zero-order valence-corrected chi connectivity index (χ0v) is 14.2. The molecule has 7 nitrogen and oxygen atoms in total. The van der Waals surface area contributed by atoms with Gasteiger partial charge in [0.15, 0.2) is 0 Å². The van der Waals surface area contributed by atoms with E-state index in [4.69, 9.17) is 5.84 Å². The van der Waals surface area contributed by atoms with Gasteiger partial charge in [0.25, 0.3) is 0 Å². The van der Waals surface area contributed by atoms with Gasteiger partial charge >= 0.3 is 0 Å². The Hall–Kier alpha value is -1.87. The Morgan fingerprint density at radius 3 is 3.25 bits per heavy atom. The Kier molecular flexibility index (Phi) is 4.52. The highest BCUT2D eigenvalue weighted by molar-refractivity contribution is 7.09. The molecule has 4 rings (SSSR count). The Bertz CT molecular complexity index is 785. The van der Waals surface area contributed by atoms with Gasteiger partial charge in [0.1, 0.15) is 12.0 Å². The van der Waals surface area contributed by atoms with Crippen LogP contribution in [0, 0.1) is 5.92 Å². The van der Waals surface area contributed by atoms with Crippen LogP contribution in [0.1, 0.15) is 29.5 Å². The van der Waals surface area contributed by atoms with E-state index in [1.54, 1.807) is 17.7 Å². The van der Waals surface area contributed by atoms with Gasteiger partial charge in [-0.15, -0.1) is 11.3 Å². The number of aromatic amines is 1. The van der Waals surface area contributed by atoms with Crippen molar-refractivity contribution in [2.24, 2.45) is 11.8 Å². The minimum atomic E-state index is 0.0237. The molecule has 0 aromatic carbocycles. The van der Waals surface area contributed by atoms with Gasteiger partial charge in [0.2, 0.25) is 0 Å². The molecular formula is C16H21N7S. The Morgan fingerprint density at radius 2 is 2.42 bits per heavy atom.